The van der Waals surface area contributed by atoms with Gasteiger partial charge in [-0.05, 0) is 0 Å². The Labute approximate surface area is 46.7 Å². The van der Waals surface area contributed by atoms with E-state index in [1.807, 2.05) is 0 Å². The second-order valence-electron chi connectivity index (χ2n) is 0.849. The molecule has 0 spiro atoms. The van der Waals surface area contributed by atoms with Gasteiger partial charge in [-0.1, -0.05) is 29.8 Å². The first-order valence-corrected chi connectivity index (χ1v) is 2.20. The Morgan fingerprint density at radius 1 is 1.83 bits per heavy atom. The molecule has 1 atom stereocenters. The lowest BCUT2D eigenvalue weighted by molar-refractivity contribution is 1.13. The summed E-state index contributed by atoms with van der Waals surface area (Å²) in [4.78, 5) is 0. The summed E-state index contributed by atoms with van der Waals surface area (Å²) in [5.74, 6) is 0. The van der Waals surface area contributed by atoms with Gasteiger partial charge in [0.2, 0.25) is 0 Å². The van der Waals surface area contributed by atoms with Crippen LogP contribution in [0.4, 0.5) is 0 Å². The van der Waals surface area contributed by atoms with Gasteiger partial charge in [-0.25, -0.2) is 0 Å². The third kappa shape index (κ3) is 2.51. The topological polar surface area (TPSA) is 26.0 Å². The molecule has 1 nitrogen and oxygen atoms in total. The Kier molecular flexibility index (Phi) is 2.57. The molecule has 0 aromatic heterocycles. The first kappa shape index (κ1) is 6.28. The smallest absolute Gasteiger partial charge is 0.116 e. The third-order valence-corrected chi connectivity index (χ3v) is 0.909. The summed E-state index contributed by atoms with van der Waals surface area (Å²) in [6.07, 6.45) is 0. The van der Waals surface area contributed by atoms with E-state index in [1.165, 1.54) is 0 Å². The third-order valence-electron chi connectivity index (χ3n) is 0.299. The van der Waals surface area contributed by atoms with E-state index >= 15 is 0 Å². The molecule has 0 saturated heterocycles. The van der Waals surface area contributed by atoms with Gasteiger partial charge >= 0.3 is 0 Å². The van der Waals surface area contributed by atoms with Crippen molar-refractivity contribution in [2.24, 2.45) is 5.73 Å². The molecular weight excluding hydrogens is 121 g/mol. The van der Waals surface area contributed by atoms with Crippen LogP contribution in [0.5, 0.6) is 0 Å². The van der Waals surface area contributed by atoms with Crippen LogP contribution in [0, 0.1) is 0 Å². The minimum absolute atomic E-state index is 0.275. The molecule has 0 aliphatic rings. The molecule has 0 bridgehead atoms. The molecule has 0 aromatic carbocycles. The van der Waals surface area contributed by atoms with Gasteiger partial charge in [-0.15, -0.1) is 0 Å². The van der Waals surface area contributed by atoms with Crippen molar-refractivity contribution in [2.75, 3.05) is 0 Å². The van der Waals surface area contributed by atoms with E-state index in [0.29, 0.717) is 0 Å². The summed E-state index contributed by atoms with van der Waals surface area (Å²) in [5.41, 5.74) is 4.36. The van der Waals surface area contributed by atoms with Crippen LogP contribution in [-0.2, 0) is 0 Å². The molecule has 0 aliphatic carbocycles. The van der Waals surface area contributed by atoms with E-state index in [9.17, 15) is 0 Å². The Balaban J connectivity index is 3.26. The maximum absolute atomic E-state index is 5.16. The average Bonchev–Trinajstić information content (AvgIpc) is 1.36. The predicted molar refractivity (Wildman–Crippen MR) is 28.8 cm³/mol. The van der Waals surface area contributed by atoms with E-state index in [0.717, 1.165) is 0 Å². The van der Waals surface area contributed by atoms with Crippen molar-refractivity contribution in [1.82, 2.24) is 0 Å². The molecule has 0 fully saturated rings. The Bertz CT molecular complexity index is 59.8. The number of hydrogen-bond donors (Lipinski definition) is 1. The van der Waals surface area contributed by atoms with Crippen LogP contribution in [0.15, 0.2) is 11.6 Å². The second-order valence-corrected chi connectivity index (χ2v) is 1.80. The Hall–Kier alpha value is 0.280. The lowest BCUT2D eigenvalue weighted by Gasteiger charge is -1.92. The minimum Gasteiger partial charge on any atom is -0.311 e. The first-order chi connectivity index (χ1) is 2.64. The molecular formula is C3H5Cl2N. The van der Waals surface area contributed by atoms with E-state index < -0.39 is 5.50 Å². The van der Waals surface area contributed by atoms with Crippen molar-refractivity contribution in [3.05, 3.63) is 11.6 Å². The van der Waals surface area contributed by atoms with Gasteiger partial charge in [0.15, 0.2) is 0 Å². The molecule has 1 unspecified atom stereocenters. The average molecular weight is 126 g/mol. The van der Waals surface area contributed by atoms with Crippen LogP contribution < -0.4 is 5.73 Å². The number of nitrogens with two attached hydrogens (primary N) is 1. The molecule has 3 heteroatoms. The minimum atomic E-state index is -0.605. The lowest BCUT2D eigenvalue weighted by atomic mass is 10.6. The van der Waals surface area contributed by atoms with Gasteiger partial charge in [0.25, 0.3) is 0 Å². The molecule has 0 heterocycles. The maximum atomic E-state index is 5.16. The van der Waals surface area contributed by atoms with Crippen LogP contribution in [0.25, 0.3) is 0 Å². The summed E-state index contributed by atoms with van der Waals surface area (Å²) in [5, 5.41) is 0.275. The highest BCUT2D eigenvalue weighted by Gasteiger charge is 1.93. The van der Waals surface area contributed by atoms with Crippen LogP contribution in [0.1, 0.15) is 0 Å². The van der Waals surface area contributed by atoms with Crippen LogP contribution in [0.2, 0.25) is 0 Å². The van der Waals surface area contributed by atoms with Gasteiger partial charge in [-0.3, -0.25) is 0 Å². The molecule has 0 saturated carbocycles. The molecule has 0 aliphatic heterocycles. The number of halogens is 2. The summed E-state index contributed by atoms with van der Waals surface area (Å²) in [7, 11) is 0. The monoisotopic (exact) mass is 125 g/mol. The van der Waals surface area contributed by atoms with Gasteiger partial charge in [0.1, 0.15) is 5.50 Å². The molecule has 0 rings (SSSR count). The molecule has 0 amide bonds. The summed E-state index contributed by atoms with van der Waals surface area (Å²) in [6.45, 7) is 3.26. The number of hydrogen-bond acceptors (Lipinski definition) is 1. The molecule has 0 radical (unpaired) electrons. The largest absolute Gasteiger partial charge is 0.311 e. The highest BCUT2D eigenvalue weighted by Crippen LogP contribution is 2.03. The van der Waals surface area contributed by atoms with Gasteiger partial charge in [0.05, 0.1) is 0 Å². The van der Waals surface area contributed by atoms with Gasteiger partial charge in [0, 0.05) is 5.03 Å². The van der Waals surface area contributed by atoms with Crippen molar-refractivity contribution in [3.63, 3.8) is 0 Å². The van der Waals surface area contributed by atoms with E-state index in [4.69, 9.17) is 28.9 Å². The summed E-state index contributed by atoms with van der Waals surface area (Å²) >= 11 is 10.3. The van der Waals surface area contributed by atoms with Gasteiger partial charge in [-0.2, -0.15) is 0 Å². The lowest BCUT2D eigenvalue weighted by Crippen LogP contribution is -2.09. The zero-order valence-corrected chi connectivity index (χ0v) is 4.63. The fourth-order valence-electron chi connectivity index (χ4n) is 0. The van der Waals surface area contributed by atoms with Crippen LogP contribution >= 0.6 is 23.2 Å². The Morgan fingerprint density at radius 2 is 2.00 bits per heavy atom. The number of alkyl halides is 1. The SMILES string of the molecule is C=C(Cl)C(N)Cl. The standard InChI is InChI=1S/C3H5Cl2N/c1-2(4)3(5)6/h3H,1,6H2. The van der Waals surface area contributed by atoms with Crippen molar-refractivity contribution in [2.45, 2.75) is 5.50 Å². The second kappa shape index (κ2) is 2.45. The fraction of sp³-hybridized carbons (Fsp3) is 0.333. The van der Waals surface area contributed by atoms with Crippen molar-refractivity contribution < 1.29 is 0 Å². The quantitative estimate of drug-likeness (QED) is 0.415. The van der Waals surface area contributed by atoms with E-state index in [1.54, 1.807) is 0 Å². The normalized spacial score (nSPS) is 13.8. The van der Waals surface area contributed by atoms with Crippen molar-refractivity contribution >= 4 is 23.2 Å². The zero-order valence-electron chi connectivity index (χ0n) is 3.12. The molecule has 0 aromatic rings. The number of rotatable bonds is 1. The van der Waals surface area contributed by atoms with Crippen molar-refractivity contribution in [1.29, 1.82) is 0 Å². The maximum Gasteiger partial charge on any atom is 0.116 e. The van der Waals surface area contributed by atoms with E-state index in [2.05, 4.69) is 6.58 Å². The van der Waals surface area contributed by atoms with Crippen LogP contribution in [0.3, 0.4) is 0 Å². The van der Waals surface area contributed by atoms with Gasteiger partial charge < -0.3 is 5.73 Å². The van der Waals surface area contributed by atoms with Crippen LogP contribution in [-0.4, -0.2) is 5.50 Å². The fourth-order valence-corrected chi connectivity index (χ4v) is 0. The highest BCUT2D eigenvalue weighted by atomic mass is 35.5. The molecule has 2 N–H and O–H groups in total. The predicted octanol–water partition coefficient (Wildman–Crippen LogP) is 1.26. The highest BCUT2D eigenvalue weighted by molar-refractivity contribution is 6.36. The zero-order chi connectivity index (χ0) is 5.15. The van der Waals surface area contributed by atoms with E-state index in [-0.39, 0.29) is 5.03 Å². The first-order valence-electron chi connectivity index (χ1n) is 1.38. The Morgan fingerprint density at radius 3 is 2.00 bits per heavy atom. The molecule has 6 heavy (non-hydrogen) atoms. The van der Waals surface area contributed by atoms with Crippen molar-refractivity contribution in [3.8, 4) is 0 Å². The summed E-state index contributed by atoms with van der Waals surface area (Å²) in [6, 6.07) is 0. The molecule has 36 valence electrons. The summed E-state index contributed by atoms with van der Waals surface area (Å²) < 4.78 is 0.